The van der Waals surface area contributed by atoms with Gasteiger partial charge in [0.05, 0.1) is 27.5 Å². The Labute approximate surface area is 174 Å². The minimum Gasteiger partial charge on any atom is -0.310 e. The van der Waals surface area contributed by atoms with E-state index in [1.807, 2.05) is 34.9 Å². The zero-order chi connectivity index (χ0) is 20.3. The molecule has 2 aromatic carbocycles. The van der Waals surface area contributed by atoms with Crippen molar-refractivity contribution in [3.8, 4) is 0 Å². The lowest BCUT2D eigenvalue weighted by atomic mass is 10.2. The molecule has 1 heterocycles. The highest BCUT2D eigenvalue weighted by molar-refractivity contribution is 6.42. The maximum Gasteiger partial charge on any atom is 0.263 e. The molecule has 5 nitrogen and oxygen atoms in total. The van der Waals surface area contributed by atoms with E-state index in [0.717, 1.165) is 30.7 Å². The van der Waals surface area contributed by atoms with Crippen molar-refractivity contribution in [2.24, 2.45) is 0 Å². The van der Waals surface area contributed by atoms with Crippen molar-refractivity contribution in [3.05, 3.63) is 74.0 Å². The molecule has 0 aliphatic heterocycles. The molecule has 28 heavy (non-hydrogen) atoms. The van der Waals surface area contributed by atoms with E-state index in [9.17, 15) is 4.79 Å². The molecular weight excluding hydrogens is 395 g/mol. The van der Waals surface area contributed by atoms with Crippen molar-refractivity contribution in [2.75, 3.05) is 19.6 Å². The molecule has 0 amide bonds. The van der Waals surface area contributed by atoms with E-state index >= 15 is 0 Å². The predicted molar refractivity (Wildman–Crippen MR) is 115 cm³/mol. The van der Waals surface area contributed by atoms with Gasteiger partial charge in [-0.3, -0.25) is 14.8 Å². The van der Waals surface area contributed by atoms with Crippen LogP contribution in [0.3, 0.4) is 0 Å². The summed E-state index contributed by atoms with van der Waals surface area (Å²) in [5.74, 6) is 0. The summed E-state index contributed by atoms with van der Waals surface area (Å²) in [4.78, 5) is 15.4. The molecule has 7 heteroatoms. The standard InChI is InChI=1S/C21H24Cl2N4O/c1-3-25(4-2)11-12-26-19-8-6-5-7-16(19)20(28)27(21(26)24)14-15-9-10-17(22)18(23)13-15/h5-10,13,24H,3-4,11-12,14H2,1-2H3. The van der Waals surface area contributed by atoms with Crippen LogP contribution in [-0.2, 0) is 13.1 Å². The van der Waals surface area contributed by atoms with Crippen LogP contribution in [0.2, 0.25) is 10.0 Å². The smallest absolute Gasteiger partial charge is 0.263 e. The molecule has 0 saturated carbocycles. The summed E-state index contributed by atoms with van der Waals surface area (Å²) in [5.41, 5.74) is 1.62. The van der Waals surface area contributed by atoms with Crippen LogP contribution in [-0.4, -0.2) is 33.7 Å². The van der Waals surface area contributed by atoms with E-state index in [-0.39, 0.29) is 17.7 Å². The summed E-state index contributed by atoms with van der Waals surface area (Å²) in [6, 6.07) is 12.8. The van der Waals surface area contributed by atoms with Crippen molar-refractivity contribution in [1.82, 2.24) is 14.0 Å². The summed E-state index contributed by atoms with van der Waals surface area (Å²) < 4.78 is 3.40. The van der Waals surface area contributed by atoms with Crippen molar-refractivity contribution in [1.29, 1.82) is 5.41 Å². The second kappa shape index (κ2) is 8.95. The van der Waals surface area contributed by atoms with Crippen LogP contribution in [0.25, 0.3) is 10.9 Å². The molecule has 0 aliphatic rings. The Balaban J connectivity index is 2.10. The van der Waals surface area contributed by atoms with E-state index in [2.05, 4.69) is 18.7 Å². The summed E-state index contributed by atoms with van der Waals surface area (Å²) in [6.07, 6.45) is 0. The highest BCUT2D eigenvalue weighted by Crippen LogP contribution is 2.22. The Morgan fingerprint density at radius 3 is 2.39 bits per heavy atom. The monoisotopic (exact) mass is 418 g/mol. The summed E-state index contributed by atoms with van der Waals surface area (Å²) in [6.45, 7) is 7.88. The quantitative estimate of drug-likeness (QED) is 0.630. The molecular formula is C21H24Cl2N4O. The number of halogens is 2. The molecule has 0 unspecified atom stereocenters. The number of para-hydroxylation sites is 1. The lowest BCUT2D eigenvalue weighted by Crippen LogP contribution is -2.42. The molecule has 0 bridgehead atoms. The van der Waals surface area contributed by atoms with Crippen molar-refractivity contribution < 1.29 is 0 Å². The van der Waals surface area contributed by atoms with Crippen molar-refractivity contribution >= 4 is 34.1 Å². The van der Waals surface area contributed by atoms with Gasteiger partial charge in [-0.2, -0.15) is 0 Å². The van der Waals surface area contributed by atoms with Gasteiger partial charge in [-0.25, -0.2) is 0 Å². The Hall–Kier alpha value is -2.08. The van der Waals surface area contributed by atoms with E-state index in [4.69, 9.17) is 28.6 Å². The second-order valence-corrected chi connectivity index (χ2v) is 7.47. The average molecular weight is 419 g/mol. The molecule has 1 aromatic heterocycles. The predicted octanol–water partition coefficient (Wildman–Crippen LogP) is 3.98. The third-order valence-corrected chi connectivity index (χ3v) is 5.78. The van der Waals surface area contributed by atoms with Gasteiger partial charge in [-0.15, -0.1) is 0 Å². The van der Waals surface area contributed by atoms with Gasteiger partial charge in [0.25, 0.3) is 5.56 Å². The van der Waals surface area contributed by atoms with Crippen LogP contribution in [0.5, 0.6) is 0 Å². The molecule has 0 fully saturated rings. The number of rotatable bonds is 7. The van der Waals surface area contributed by atoms with Crippen LogP contribution in [0, 0.1) is 5.41 Å². The maximum atomic E-state index is 13.1. The number of nitrogens with one attached hydrogen (secondary N) is 1. The lowest BCUT2D eigenvalue weighted by Gasteiger charge is -2.21. The number of hydrogen-bond acceptors (Lipinski definition) is 3. The fraction of sp³-hybridized carbons (Fsp3) is 0.333. The molecule has 3 rings (SSSR count). The Morgan fingerprint density at radius 2 is 1.71 bits per heavy atom. The SMILES string of the molecule is CCN(CC)CCn1c(=N)n(Cc2ccc(Cl)c(Cl)c2)c(=O)c2ccccc21. The largest absolute Gasteiger partial charge is 0.310 e. The fourth-order valence-corrected chi connectivity index (χ4v) is 3.69. The van der Waals surface area contributed by atoms with Crippen LogP contribution < -0.4 is 11.2 Å². The Morgan fingerprint density at radius 1 is 1.00 bits per heavy atom. The van der Waals surface area contributed by atoms with Gasteiger partial charge in [-0.1, -0.05) is 55.2 Å². The first kappa shape index (κ1) is 20.6. The van der Waals surface area contributed by atoms with Crippen LogP contribution in [0.4, 0.5) is 0 Å². The number of fused-ring (bicyclic) bond motifs is 1. The van der Waals surface area contributed by atoms with Gasteiger partial charge < -0.3 is 9.47 Å². The summed E-state index contributed by atoms with van der Waals surface area (Å²) in [7, 11) is 0. The molecule has 1 N–H and O–H groups in total. The van der Waals surface area contributed by atoms with E-state index in [0.29, 0.717) is 22.0 Å². The molecule has 0 spiro atoms. The van der Waals surface area contributed by atoms with Gasteiger partial charge >= 0.3 is 0 Å². The first-order valence-electron chi connectivity index (χ1n) is 9.39. The molecule has 148 valence electrons. The Kier molecular flexibility index (Phi) is 6.60. The topological polar surface area (TPSA) is 54.0 Å². The van der Waals surface area contributed by atoms with E-state index in [1.165, 1.54) is 4.57 Å². The zero-order valence-corrected chi connectivity index (χ0v) is 17.6. The summed E-state index contributed by atoms with van der Waals surface area (Å²) in [5, 5.41) is 10.2. The lowest BCUT2D eigenvalue weighted by molar-refractivity contribution is 0.288. The number of benzene rings is 2. The third-order valence-electron chi connectivity index (χ3n) is 5.04. The van der Waals surface area contributed by atoms with Gasteiger partial charge in [0.15, 0.2) is 0 Å². The highest BCUT2D eigenvalue weighted by atomic mass is 35.5. The highest BCUT2D eigenvalue weighted by Gasteiger charge is 2.12. The minimum atomic E-state index is -0.175. The van der Waals surface area contributed by atoms with Gasteiger partial charge in [0.2, 0.25) is 5.62 Å². The van der Waals surface area contributed by atoms with Gasteiger partial charge in [0, 0.05) is 13.1 Å². The van der Waals surface area contributed by atoms with Gasteiger partial charge in [0.1, 0.15) is 0 Å². The number of likely N-dealkylation sites (N-methyl/N-ethyl adjacent to an activating group) is 1. The third kappa shape index (κ3) is 4.17. The number of nitrogens with zero attached hydrogens (tertiary/aromatic N) is 3. The number of hydrogen-bond donors (Lipinski definition) is 1. The first-order chi connectivity index (χ1) is 13.5. The van der Waals surface area contributed by atoms with E-state index < -0.39 is 0 Å². The summed E-state index contributed by atoms with van der Waals surface area (Å²) >= 11 is 12.1. The van der Waals surface area contributed by atoms with Gasteiger partial charge in [-0.05, 0) is 42.9 Å². The molecule has 0 saturated heterocycles. The fourth-order valence-electron chi connectivity index (χ4n) is 3.37. The van der Waals surface area contributed by atoms with E-state index in [1.54, 1.807) is 12.1 Å². The molecule has 3 aromatic rings. The van der Waals surface area contributed by atoms with Crippen molar-refractivity contribution in [2.45, 2.75) is 26.9 Å². The second-order valence-electron chi connectivity index (χ2n) is 6.66. The molecule has 0 aliphatic carbocycles. The zero-order valence-electron chi connectivity index (χ0n) is 16.1. The average Bonchev–Trinajstić information content (AvgIpc) is 2.70. The maximum absolute atomic E-state index is 13.1. The van der Waals surface area contributed by atoms with Crippen LogP contribution in [0.15, 0.2) is 47.3 Å². The molecule has 0 radical (unpaired) electrons. The normalized spacial score (nSPS) is 11.5. The van der Waals surface area contributed by atoms with Crippen molar-refractivity contribution in [3.63, 3.8) is 0 Å². The Bertz CT molecular complexity index is 1100. The molecule has 0 atom stereocenters. The first-order valence-corrected chi connectivity index (χ1v) is 10.1. The van der Waals surface area contributed by atoms with Crippen LogP contribution >= 0.6 is 23.2 Å². The van der Waals surface area contributed by atoms with Crippen LogP contribution in [0.1, 0.15) is 19.4 Å². The number of aromatic nitrogens is 2. The minimum absolute atomic E-state index is 0.175.